The number of hydrogen-bond donors (Lipinski definition) is 1. The lowest BCUT2D eigenvalue weighted by Crippen LogP contribution is -2.36. The number of carbonyl (C=O) groups excluding carboxylic acids is 2. The second-order valence-corrected chi connectivity index (χ2v) is 3.35. The van der Waals surface area contributed by atoms with Crippen LogP contribution >= 0.6 is 0 Å². The fourth-order valence-corrected chi connectivity index (χ4v) is 1.44. The Labute approximate surface area is 88.4 Å². The first-order valence-electron chi connectivity index (χ1n) is 4.82. The van der Waals surface area contributed by atoms with Crippen LogP contribution < -0.4 is 5.32 Å². The van der Waals surface area contributed by atoms with E-state index in [1.807, 2.05) is 6.08 Å². The first-order valence-corrected chi connectivity index (χ1v) is 4.82. The quantitative estimate of drug-likeness (QED) is 0.549. The lowest BCUT2D eigenvalue weighted by molar-refractivity contribution is -0.144. The molecular formula is C10H15NO4. The molecule has 1 rings (SSSR count). The lowest BCUT2D eigenvalue weighted by atomic mass is 10.0. The molecule has 0 heterocycles. The van der Waals surface area contributed by atoms with Crippen molar-refractivity contribution in [2.75, 3.05) is 7.11 Å². The van der Waals surface area contributed by atoms with E-state index in [2.05, 4.69) is 10.1 Å². The van der Waals surface area contributed by atoms with Crippen molar-refractivity contribution in [3.8, 4) is 0 Å². The summed E-state index contributed by atoms with van der Waals surface area (Å²) in [7, 11) is 1.32. The van der Waals surface area contributed by atoms with E-state index in [4.69, 9.17) is 4.74 Å². The maximum Gasteiger partial charge on any atom is 0.407 e. The highest BCUT2D eigenvalue weighted by Gasteiger charge is 2.18. The van der Waals surface area contributed by atoms with E-state index in [-0.39, 0.29) is 18.1 Å². The SMILES string of the molecule is COC(=O)N[C@@H]1C=C[C@H](OC(C)=O)CC1. The Morgan fingerprint density at radius 2 is 2.07 bits per heavy atom. The van der Waals surface area contributed by atoms with E-state index in [0.29, 0.717) is 6.42 Å². The van der Waals surface area contributed by atoms with Gasteiger partial charge in [-0.1, -0.05) is 6.08 Å². The maximum atomic E-state index is 10.9. The minimum absolute atomic E-state index is 0.0377. The Morgan fingerprint density at radius 1 is 1.33 bits per heavy atom. The van der Waals surface area contributed by atoms with E-state index in [1.165, 1.54) is 14.0 Å². The molecule has 0 saturated carbocycles. The van der Waals surface area contributed by atoms with Crippen LogP contribution in [0.5, 0.6) is 0 Å². The van der Waals surface area contributed by atoms with Gasteiger partial charge in [0.05, 0.1) is 13.2 Å². The number of nitrogens with one attached hydrogen (secondary N) is 1. The molecule has 0 radical (unpaired) electrons. The van der Waals surface area contributed by atoms with E-state index in [0.717, 1.165) is 6.42 Å². The first-order chi connectivity index (χ1) is 7.11. The number of rotatable bonds is 2. The van der Waals surface area contributed by atoms with Crippen LogP contribution in [-0.4, -0.2) is 31.3 Å². The highest BCUT2D eigenvalue weighted by molar-refractivity contribution is 5.68. The van der Waals surface area contributed by atoms with Gasteiger partial charge in [-0.05, 0) is 18.9 Å². The first kappa shape index (κ1) is 11.6. The summed E-state index contributed by atoms with van der Waals surface area (Å²) in [5.41, 5.74) is 0. The highest BCUT2D eigenvalue weighted by Crippen LogP contribution is 2.14. The van der Waals surface area contributed by atoms with Gasteiger partial charge in [0.25, 0.3) is 0 Å². The van der Waals surface area contributed by atoms with Crippen molar-refractivity contribution < 1.29 is 19.1 Å². The molecule has 0 aromatic carbocycles. The molecule has 5 nitrogen and oxygen atoms in total. The van der Waals surface area contributed by atoms with Crippen LogP contribution in [0.4, 0.5) is 4.79 Å². The third kappa shape index (κ3) is 4.01. The predicted octanol–water partition coefficient (Wildman–Crippen LogP) is 0.993. The summed E-state index contributed by atoms with van der Waals surface area (Å²) in [4.78, 5) is 21.6. The van der Waals surface area contributed by atoms with Crippen LogP contribution in [0.1, 0.15) is 19.8 Å². The summed E-state index contributed by atoms with van der Waals surface area (Å²) < 4.78 is 9.48. The fraction of sp³-hybridized carbons (Fsp3) is 0.600. The third-order valence-electron chi connectivity index (χ3n) is 2.13. The third-order valence-corrected chi connectivity index (χ3v) is 2.13. The van der Waals surface area contributed by atoms with Crippen LogP contribution in [0.15, 0.2) is 12.2 Å². The van der Waals surface area contributed by atoms with E-state index < -0.39 is 6.09 Å². The van der Waals surface area contributed by atoms with Crippen molar-refractivity contribution in [2.24, 2.45) is 0 Å². The van der Waals surface area contributed by atoms with Gasteiger partial charge < -0.3 is 14.8 Å². The van der Waals surface area contributed by atoms with Gasteiger partial charge in [0.15, 0.2) is 0 Å². The highest BCUT2D eigenvalue weighted by atomic mass is 16.5. The molecule has 0 aliphatic heterocycles. The van der Waals surface area contributed by atoms with Gasteiger partial charge in [-0.2, -0.15) is 0 Å². The normalized spacial score (nSPS) is 24.4. The molecule has 1 aliphatic rings. The second kappa shape index (κ2) is 5.38. The van der Waals surface area contributed by atoms with Crippen LogP contribution in [0.25, 0.3) is 0 Å². The zero-order valence-electron chi connectivity index (χ0n) is 8.86. The molecule has 0 fully saturated rings. The van der Waals surface area contributed by atoms with Gasteiger partial charge in [0.2, 0.25) is 0 Å². The maximum absolute atomic E-state index is 10.9. The van der Waals surface area contributed by atoms with Crippen molar-refractivity contribution in [2.45, 2.75) is 31.9 Å². The number of esters is 1. The van der Waals surface area contributed by atoms with Crippen LogP contribution in [-0.2, 0) is 14.3 Å². The van der Waals surface area contributed by atoms with Gasteiger partial charge in [-0.15, -0.1) is 0 Å². The number of carbonyl (C=O) groups is 2. The largest absolute Gasteiger partial charge is 0.458 e. The smallest absolute Gasteiger partial charge is 0.407 e. The molecule has 5 heteroatoms. The summed E-state index contributed by atoms with van der Waals surface area (Å²) in [6.45, 7) is 1.38. The molecule has 1 amide bonds. The molecular weight excluding hydrogens is 198 g/mol. The summed E-state index contributed by atoms with van der Waals surface area (Å²) >= 11 is 0. The molecule has 0 unspecified atom stereocenters. The standard InChI is InChI=1S/C10H15NO4/c1-7(12)15-9-5-3-8(4-6-9)11-10(13)14-2/h3,5,8-9H,4,6H2,1-2H3,(H,11,13)/t8-,9+/m1/s1. The average Bonchev–Trinajstić information content (AvgIpc) is 2.20. The molecule has 0 aromatic rings. The minimum Gasteiger partial charge on any atom is -0.458 e. The molecule has 2 atom stereocenters. The van der Waals surface area contributed by atoms with Crippen molar-refractivity contribution in [3.05, 3.63) is 12.2 Å². The van der Waals surface area contributed by atoms with Gasteiger partial charge in [-0.25, -0.2) is 4.79 Å². The number of alkyl carbamates (subject to hydrolysis) is 1. The Hall–Kier alpha value is -1.52. The topological polar surface area (TPSA) is 64.6 Å². The molecule has 0 saturated heterocycles. The molecule has 84 valence electrons. The van der Waals surface area contributed by atoms with Crippen molar-refractivity contribution in [3.63, 3.8) is 0 Å². The summed E-state index contributed by atoms with van der Waals surface area (Å²) in [6.07, 6.45) is 4.43. The fourth-order valence-electron chi connectivity index (χ4n) is 1.44. The van der Waals surface area contributed by atoms with Crippen LogP contribution in [0.2, 0.25) is 0 Å². The van der Waals surface area contributed by atoms with Crippen molar-refractivity contribution in [1.82, 2.24) is 5.32 Å². The van der Waals surface area contributed by atoms with Gasteiger partial charge in [-0.3, -0.25) is 4.79 Å². The second-order valence-electron chi connectivity index (χ2n) is 3.35. The molecule has 1 N–H and O–H groups in total. The summed E-state index contributed by atoms with van der Waals surface area (Å²) in [5, 5.41) is 2.65. The van der Waals surface area contributed by atoms with Gasteiger partial charge in [0, 0.05) is 6.92 Å². The van der Waals surface area contributed by atoms with Crippen LogP contribution in [0.3, 0.4) is 0 Å². The summed E-state index contributed by atoms with van der Waals surface area (Å²) in [5.74, 6) is -0.288. The Morgan fingerprint density at radius 3 is 2.53 bits per heavy atom. The zero-order valence-corrected chi connectivity index (χ0v) is 8.86. The van der Waals surface area contributed by atoms with E-state index in [1.54, 1.807) is 6.08 Å². The molecule has 15 heavy (non-hydrogen) atoms. The lowest BCUT2D eigenvalue weighted by Gasteiger charge is -2.22. The van der Waals surface area contributed by atoms with Crippen molar-refractivity contribution in [1.29, 1.82) is 0 Å². The Kier molecular flexibility index (Phi) is 4.15. The molecule has 1 aliphatic carbocycles. The number of hydrogen-bond acceptors (Lipinski definition) is 4. The number of ether oxygens (including phenoxy) is 2. The van der Waals surface area contributed by atoms with E-state index >= 15 is 0 Å². The molecule has 0 aromatic heterocycles. The minimum atomic E-state index is -0.449. The Bertz CT molecular complexity index is 275. The molecule has 0 spiro atoms. The van der Waals surface area contributed by atoms with E-state index in [9.17, 15) is 9.59 Å². The van der Waals surface area contributed by atoms with Crippen molar-refractivity contribution >= 4 is 12.1 Å². The predicted molar refractivity (Wildman–Crippen MR) is 53.3 cm³/mol. The monoisotopic (exact) mass is 213 g/mol. The molecule has 0 bridgehead atoms. The summed E-state index contributed by atoms with van der Waals surface area (Å²) in [6, 6.07) is -0.0377. The van der Waals surface area contributed by atoms with Gasteiger partial charge >= 0.3 is 12.1 Å². The average molecular weight is 213 g/mol. The number of amides is 1. The Balaban J connectivity index is 2.37. The van der Waals surface area contributed by atoms with Gasteiger partial charge in [0.1, 0.15) is 6.10 Å². The van der Waals surface area contributed by atoms with Crippen LogP contribution in [0, 0.1) is 0 Å². The zero-order chi connectivity index (χ0) is 11.3. The number of methoxy groups -OCH3 is 1.